The van der Waals surface area contributed by atoms with Crippen molar-refractivity contribution >= 4 is 17.3 Å². The van der Waals surface area contributed by atoms with Crippen molar-refractivity contribution in [3.05, 3.63) is 70.5 Å². The standard InChI is InChI=1S/C19H16FNO3S/c1-12-3-8-17(23-2)14(9-12)10-24-19(22)16-11-25-18(21-16)13-4-6-15(20)7-5-13/h3-9,11H,10H2,1-2H3. The first-order valence-corrected chi connectivity index (χ1v) is 8.47. The van der Waals surface area contributed by atoms with Gasteiger partial charge in [0, 0.05) is 16.5 Å². The number of hydrogen-bond donors (Lipinski definition) is 0. The number of methoxy groups -OCH3 is 1. The van der Waals surface area contributed by atoms with Gasteiger partial charge >= 0.3 is 5.97 Å². The summed E-state index contributed by atoms with van der Waals surface area (Å²) in [6.45, 7) is 2.06. The van der Waals surface area contributed by atoms with Crippen LogP contribution in [0, 0.1) is 12.7 Å². The molecule has 1 aromatic heterocycles. The molecular formula is C19H16FNO3S. The van der Waals surface area contributed by atoms with E-state index in [0.29, 0.717) is 10.8 Å². The maximum Gasteiger partial charge on any atom is 0.358 e. The molecule has 0 aliphatic heterocycles. The molecule has 0 spiro atoms. The normalized spacial score (nSPS) is 10.5. The third-order valence-corrected chi connectivity index (χ3v) is 4.49. The smallest absolute Gasteiger partial charge is 0.358 e. The van der Waals surface area contributed by atoms with Gasteiger partial charge in [0.15, 0.2) is 5.69 Å². The van der Waals surface area contributed by atoms with Crippen LogP contribution in [0.2, 0.25) is 0 Å². The number of aryl methyl sites for hydroxylation is 1. The van der Waals surface area contributed by atoms with E-state index in [2.05, 4.69) is 4.98 Å². The highest BCUT2D eigenvalue weighted by atomic mass is 32.1. The fourth-order valence-electron chi connectivity index (χ4n) is 2.33. The summed E-state index contributed by atoms with van der Waals surface area (Å²) in [5.41, 5.74) is 2.84. The third-order valence-electron chi connectivity index (χ3n) is 3.60. The lowest BCUT2D eigenvalue weighted by Crippen LogP contribution is -2.06. The number of nitrogens with zero attached hydrogens (tertiary/aromatic N) is 1. The fourth-order valence-corrected chi connectivity index (χ4v) is 3.13. The Hall–Kier alpha value is -2.73. The summed E-state index contributed by atoms with van der Waals surface area (Å²) < 4.78 is 23.6. The van der Waals surface area contributed by atoms with Gasteiger partial charge < -0.3 is 9.47 Å². The lowest BCUT2D eigenvalue weighted by Gasteiger charge is -2.09. The zero-order valence-electron chi connectivity index (χ0n) is 13.8. The minimum atomic E-state index is -0.506. The minimum Gasteiger partial charge on any atom is -0.496 e. The van der Waals surface area contributed by atoms with Crippen molar-refractivity contribution in [2.45, 2.75) is 13.5 Å². The van der Waals surface area contributed by atoms with Crippen molar-refractivity contribution in [1.82, 2.24) is 4.98 Å². The van der Waals surface area contributed by atoms with Gasteiger partial charge in [-0.15, -0.1) is 11.3 Å². The summed E-state index contributed by atoms with van der Waals surface area (Å²) in [5.74, 6) is -0.149. The van der Waals surface area contributed by atoms with Crippen LogP contribution >= 0.6 is 11.3 Å². The number of ether oxygens (including phenoxy) is 2. The molecule has 0 aliphatic carbocycles. The Morgan fingerprint density at radius 3 is 2.68 bits per heavy atom. The molecule has 0 bridgehead atoms. The van der Waals surface area contributed by atoms with Crippen LogP contribution in [0.15, 0.2) is 47.8 Å². The molecule has 1 heterocycles. The van der Waals surface area contributed by atoms with Crippen molar-refractivity contribution in [3.8, 4) is 16.3 Å². The van der Waals surface area contributed by atoms with Crippen LogP contribution in [-0.2, 0) is 11.3 Å². The maximum atomic E-state index is 13.0. The second-order valence-electron chi connectivity index (χ2n) is 5.44. The molecule has 0 saturated heterocycles. The van der Waals surface area contributed by atoms with Gasteiger partial charge in [0.25, 0.3) is 0 Å². The maximum absolute atomic E-state index is 13.0. The zero-order chi connectivity index (χ0) is 17.8. The first kappa shape index (κ1) is 17.1. The van der Waals surface area contributed by atoms with Gasteiger partial charge in [-0.25, -0.2) is 14.2 Å². The van der Waals surface area contributed by atoms with E-state index in [9.17, 15) is 9.18 Å². The SMILES string of the molecule is COc1ccc(C)cc1COC(=O)c1csc(-c2ccc(F)cc2)n1. The number of carbonyl (C=O) groups excluding carboxylic acids is 1. The molecule has 0 aliphatic rings. The van der Waals surface area contributed by atoms with Gasteiger partial charge in [0.1, 0.15) is 23.2 Å². The average Bonchev–Trinajstić information content (AvgIpc) is 3.10. The van der Waals surface area contributed by atoms with Crippen LogP contribution in [0.1, 0.15) is 21.6 Å². The van der Waals surface area contributed by atoms with Crippen LogP contribution in [0.5, 0.6) is 5.75 Å². The van der Waals surface area contributed by atoms with Crippen molar-refractivity contribution < 1.29 is 18.7 Å². The van der Waals surface area contributed by atoms with Crippen molar-refractivity contribution in [2.24, 2.45) is 0 Å². The Bertz CT molecular complexity index is 890. The highest BCUT2D eigenvalue weighted by molar-refractivity contribution is 7.13. The van der Waals surface area contributed by atoms with E-state index in [1.807, 2.05) is 25.1 Å². The summed E-state index contributed by atoms with van der Waals surface area (Å²) in [7, 11) is 1.57. The molecule has 0 unspecified atom stereocenters. The van der Waals surface area contributed by atoms with E-state index in [1.165, 1.54) is 23.5 Å². The lowest BCUT2D eigenvalue weighted by atomic mass is 10.1. The predicted octanol–water partition coefficient (Wildman–Crippen LogP) is 4.62. The first-order valence-electron chi connectivity index (χ1n) is 7.59. The topological polar surface area (TPSA) is 48.4 Å². The monoisotopic (exact) mass is 357 g/mol. The summed E-state index contributed by atoms with van der Waals surface area (Å²) >= 11 is 1.31. The summed E-state index contributed by atoms with van der Waals surface area (Å²) in [6.07, 6.45) is 0. The Kier molecular flexibility index (Phi) is 5.09. The number of halogens is 1. The van der Waals surface area contributed by atoms with Gasteiger partial charge in [0.2, 0.25) is 0 Å². The number of esters is 1. The van der Waals surface area contributed by atoms with Crippen molar-refractivity contribution in [2.75, 3.05) is 7.11 Å². The molecule has 2 aromatic carbocycles. The van der Waals surface area contributed by atoms with Crippen LogP contribution in [0.4, 0.5) is 4.39 Å². The second kappa shape index (κ2) is 7.44. The van der Waals surface area contributed by atoms with E-state index < -0.39 is 5.97 Å². The number of thiazole rings is 1. The van der Waals surface area contributed by atoms with E-state index in [1.54, 1.807) is 24.6 Å². The molecule has 0 fully saturated rings. The Morgan fingerprint density at radius 2 is 1.96 bits per heavy atom. The van der Waals surface area contributed by atoms with Crippen molar-refractivity contribution in [1.29, 1.82) is 0 Å². The fraction of sp³-hybridized carbons (Fsp3) is 0.158. The van der Waals surface area contributed by atoms with Gasteiger partial charge in [-0.3, -0.25) is 0 Å². The highest BCUT2D eigenvalue weighted by Crippen LogP contribution is 2.25. The number of carbonyl (C=O) groups is 1. The molecule has 0 saturated carbocycles. The second-order valence-corrected chi connectivity index (χ2v) is 6.29. The molecule has 128 valence electrons. The van der Waals surface area contributed by atoms with Crippen molar-refractivity contribution in [3.63, 3.8) is 0 Å². The summed E-state index contributed by atoms with van der Waals surface area (Å²) in [5, 5.41) is 2.27. The molecule has 3 aromatic rings. The highest BCUT2D eigenvalue weighted by Gasteiger charge is 2.14. The van der Waals surface area contributed by atoms with E-state index in [0.717, 1.165) is 16.7 Å². The Balaban J connectivity index is 1.70. The van der Waals surface area contributed by atoms with Gasteiger partial charge in [-0.2, -0.15) is 0 Å². The van der Waals surface area contributed by atoms with Gasteiger partial charge in [-0.05, 0) is 43.3 Å². The van der Waals surface area contributed by atoms with Gasteiger partial charge in [0.05, 0.1) is 7.11 Å². The molecule has 6 heteroatoms. The quantitative estimate of drug-likeness (QED) is 0.625. The van der Waals surface area contributed by atoms with E-state index in [4.69, 9.17) is 9.47 Å². The average molecular weight is 357 g/mol. The van der Waals surface area contributed by atoms with Crippen LogP contribution in [0.3, 0.4) is 0 Å². The molecule has 3 rings (SSSR count). The predicted molar refractivity (Wildman–Crippen MR) is 94.4 cm³/mol. The molecule has 0 N–H and O–H groups in total. The Morgan fingerprint density at radius 1 is 1.20 bits per heavy atom. The molecule has 25 heavy (non-hydrogen) atoms. The first-order chi connectivity index (χ1) is 12.1. The molecule has 0 amide bonds. The van der Waals surface area contributed by atoms with E-state index in [-0.39, 0.29) is 18.1 Å². The number of aromatic nitrogens is 1. The molecule has 0 atom stereocenters. The van der Waals surface area contributed by atoms with Gasteiger partial charge in [-0.1, -0.05) is 11.6 Å². The minimum absolute atomic E-state index is 0.104. The van der Waals surface area contributed by atoms with Crippen LogP contribution in [-0.4, -0.2) is 18.1 Å². The molecule has 0 radical (unpaired) electrons. The number of hydrogen-bond acceptors (Lipinski definition) is 5. The van der Waals surface area contributed by atoms with E-state index >= 15 is 0 Å². The third kappa shape index (κ3) is 4.03. The zero-order valence-corrected chi connectivity index (χ0v) is 14.6. The molecule has 4 nitrogen and oxygen atoms in total. The number of rotatable bonds is 5. The Labute approximate surface area is 148 Å². The van der Waals surface area contributed by atoms with Crippen LogP contribution in [0.25, 0.3) is 10.6 Å². The number of benzene rings is 2. The van der Waals surface area contributed by atoms with Crippen LogP contribution < -0.4 is 4.74 Å². The molecular weight excluding hydrogens is 341 g/mol. The largest absolute Gasteiger partial charge is 0.496 e. The lowest BCUT2D eigenvalue weighted by molar-refractivity contribution is 0.0464. The summed E-state index contributed by atoms with van der Waals surface area (Å²) in [6, 6.07) is 11.7. The summed E-state index contributed by atoms with van der Waals surface area (Å²) in [4.78, 5) is 16.5.